The molecule has 1 amide bonds. The largest absolute Gasteiger partial charge is 0.494 e. The van der Waals surface area contributed by atoms with Gasteiger partial charge in [0, 0.05) is 25.1 Å². The topological polar surface area (TPSA) is 68.5 Å². The number of hydrogen-bond acceptors (Lipinski definition) is 5. The Morgan fingerprint density at radius 1 is 1.14 bits per heavy atom. The fourth-order valence-corrected chi connectivity index (χ4v) is 3.29. The van der Waals surface area contributed by atoms with Gasteiger partial charge in [0.2, 0.25) is 5.89 Å². The minimum atomic E-state index is 0.0189. The molecule has 29 heavy (non-hydrogen) atoms. The first-order chi connectivity index (χ1) is 14.2. The van der Waals surface area contributed by atoms with E-state index in [0.29, 0.717) is 43.4 Å². The van der Waals surface area contributed by atoms with Crippen LogP contribution in [-0.2, 0) is 6.42 Å². The van der Waals surface area contributed by atoms with E-state index in [1.807, 2.05) is 54.6 Å². The number of benzene rings is 2. The van der Waals surface area contributed by atoms with Gasteiger partial charge in [0.15, 0.2) is 5.82 Å². The summed E-state index contributed by atoms with van der Waals surface area (Å²) in [5.41, 5.74) is 1.81. The molecule has 6 nitrogen and oxygen atoms in total. The first kappa shape index (κ1) is 19.2. The Kier molecular flexibility index (Phi) is 5.89. The summed E-state index contributed by atoms with van der Waals surface area (Å²) in [4.78, 5) is 19.0. The second-order valence-corrected chi connectivity index (χ2v) is 7.34. The molecule has 0 radical (unpaired) electrons. The first-order valence-electron chi connectivity index (χ1n) is 10.1. The van der Waals surface area contributed by atoms with Crippen LogP contribution >= 0.6 is 0 Å². The van der Waals surface area contributed by atoms with E-state index < -0.39 is 0 Å². The highest BCUT2D eigenvalue weighted by atomic mass is 16.5. The monoisotopic (exact) mass is 391 g/mol. The molecule has 4 rings (SSSR count). The van der Waals surface area contributed by atoms with E-state index in [0.717, 1.165) is 24.2 Å². The zero-order chi connectivity index (χ0) is 20.1. The van der Waals surface area contributed by atoms with Crippen LogP contribution in [0.15, 0.2) is 59.1 Å². The minimum absolute atomic E-state index is 0.0189. The summed E-state index contributed by atoms with van der Waals surface area (Å²) in [5, 5.41) is 4.08. The van der Waals surface area contributed by atoms with Crippen molar-refractivity contribution in [2.45, 2.75) is 32.1 Å². The highest BCUT2D eigenvalue weighted by Gasteiger charge is 2.36. The second-order valence-electron chi connectivity index (χ2n) is 7.34. The van der Waals surface area contributed by atoms with Gasteiger partial charge in [-0.25, -0.2) is 0 Å². The third-order valence-corrected chi connectivity index (χ3v) is 5.07. The van der Waals surface area contributed by atoms with Crippen molar-refractivity contribution >= 4 is 5.91 Å². The number of carbonyl (C=O) groups is 1. The van der Waals surface area contributed by atoms with Gasteiger partial charge < -0.3 is 14.2 Å². The van der Waals surface area contributed by atoms with Crippen LogP contribution in [0, 0.1) is 0 Å². The predicted molar refractivity (Wildman–Crippen MR) is 109 cm³/mol. The quantitative estimate of drug-likeness (QED) is 0.541. The second kappa shape index (κ2) is 8.90. The van der Waals surface area contributed by atoms with Crippen LogP contribution in [0.1, 0.15) is 53.3 Å². The molecule has 0 unspecified atom stereocenters. The van der Waals surface area contributed by atoms with Crippen LogP contribution in [0.3, 0.4) is 0 Å². The normalized spacial score (nSPS) is 13.9. The van der Waals surface area contributed by atoms with E-state index in [1.165, 1.54) is 0 Å². The molecule has 0 spiro atoms. The smallest absolute Gasteiger partial charge is 0.253 e. The Morgan fingerprint density at radius 2 is 1.90 bits per heavy atom. The first-order valence-corrected chi connectivity index (χ1v) is 10.1. The molecular weight excluding hydrogens is 366 g/mol. The molecule has 150 valence electrons. The minimum Gasteiger partial charge on any atom is -0.494 e. The molecule has 0 bridgehead atoms. The molecule has 1 aliphatic rings. The summed E-state index contributed by atoms with van der Waals surface area (Å²) in [7, 11) is 0. The number of unbranched alkanes of at least 4 members (excludes halogenated alkanes) is 1. The van der Waals surface area contributed by atoms with E-state index in [4.69, 9.17) is 9.26 Å². The highest BCUT2D eigenvalue weighted by Crippen LogP contribution is 2.28. The van der Waals surface area contributed by atoms with Crippen LogP contribution in [-0.4, -0.2) is 40.6 Å². The summed E-state index contributed by atoms with van der Waals surface area (Å²) >= 11 is 0. The summed E-state index contributed by atoms with van der Waals surface area (Å²) in [6, 6.07) is 17.4. The SMILES string of the molecule is CCCCOc1ccc(C(=O)N2CC(c3nc(Cc4ccccc4)no3)C2)cc1. The number of nitrogens with zero attached hydrogens (tertiary/aromatic N) is 3. The molecule has 0 atom stereocenters. The van der Waals surface area contributed by atoms with Crippen molar-refractivity contribution in [1.82, 2.24) is 15.0 Å². The number of ether oxygens (including phenoxy) is 1. The summed E-state index contributed by atoms with van der Waals surface area (Å²) < 4.78 is 11.1. The predicted octanol–water partition coefficient (Wildman–Crippen LogP) is 4.08. The number of amides is 1. The van der Waals surface area contributed by atoms with Crippen molar-refractivity contribution in [2.75, 3.05) is 19.7 Å². The Bertz CT molecular complexity index is 932. The molecule has 1 aromatic heterocycles. The van der Waals surface area contributed by atoms with Crippen molar-refractivity contribution in [1.29, 1.82) is 0 Å². The molecule has 0 aliphatic carbocycles. The fraction of sp³-hybridized carbons (Fsp3) is 0.348. The maximum Gasteiger partial charge on any atom is 0.253 e. The molecule has 1 saturated heterocycles. The zero-order valence-electron chi connectivity index (χ0n) is 16.6. The standard InChI is InChI=1S/C23H25N3O3/c1-2-3-13-28-20-11-9-18(10-12-20)23(27)26-15-19(16-26)22-24-21(25-29-22)14-17-7-5-4-6-8-17/h4-12,19H,2-3,13-16H2,1H3. The van der Waals surface area contributed by atoms with Gasteiger partial charge in [-0.1, -0.05) is 48.8 Å². The maximum absolute atomic E-state index is 12.6. The van der Waals surface area contributed by atoms with Gasteiger partial charge in [-0.2, -0.15) is 4.98 Å². The molecule has 3 aromatic rings. The Hall–Kier alpha value is -3.15. The van der Waals surface area contributed by atoms with Gasteiger partial charge in [-0.3, -0.25) is 4.79 Å². The van der Waals surface area contributed by atoms with Gasteiger partial charge in [-0.15, -0.1) is 0 Å². The van der Waals surface area contributed by atoms with E-state index >= 15 is 0 Å². The van der Waals surface area contributed by atoms with E-state index in [-0.39, 0.29) is 11.8 Å². The molecular formula is C23H25N3O3. The Balaban J connectivity index is 1.29. The lowest BCUT2D eigenvalue weighted by Gasteiger charge is -2.37. The van der Waals surface area contributed by atoms with Gasteiger partial charge in [-0.05, 0) is 36.2 Å². The van der Waals surface area contributed by atoms with Crippen LogP contribution in [0.5, 0.6) is 5.75 Å². The summed E-state index contributed by atoms with van der Waals surface area (Å²) in [5.74, 6) is 2.21. The van der Waals surface area contributed by atoms with Gasteiger partial charge in [0.05, 0.1) is 12.5 Å². The van der Waals surface area contributed by atoms with Gasteiger partial charge >= 0.3 is 0 Å². The van der Waals surface area contributed by atoms with Crippen LogP contribution < -0.4 is 4.74 Å². The Morgan fingerprint density at radius 3 is 2.62 bits per heavy atom. The lowest BCUT2D eigenvalue weighted by atomic mass is 9.98. The van der Waals surface area contributed by atoms with Crippen LogP contribution in [0.4, 0.5) is 0 Å². The lowest BCUT2D eigenvalue weighted by molar-refractivity contribution is 0.0569. The lowest BCUT2D eigenvalue weighted by Crippen LogP contribution is -2.48. The average Bonchev–Trinajstić information content (AvgIpc) is 3.16. The number of carbonyl (C=O) groups excluding carboxylic acids is 1. The van der Waals surface area contributed by atoms with E-state index in [9.17, 15) is 4.79 Å². The molecule has 0 N–H and O–H groups in total. The highest BCUT2D eigenvalue weighted by molar-refractivity contribution is 5.95. The van der Waals surface area contributed by atoms with Crippen molar-refractivity contribution in [3.63, 3.8) is 0 Å². The van der Waals surface area contributed by atoms with Crippen molar-refractivity contribution < 1.29 is 14.1 Å². The average molecular weight is 391 g/mol. The molecule has 0 saturated carbocycles. The van der Waals surface area contributed by atoms with E-state index in [1.54, 1.807) is 4.90 Å². The van der Waals surface area contributed by atoms with Gasteiger partial charge in [0.25, 0.3) is 5.91 Å². The van der Waals surface area contributed by atoms with Gasteiger partial charge in [0.1, 0.15) is 5.75 Å². The number of rotatable bonds is 8. The van der Waals surface area contributed by atoms with Crippen molar-refractivity contribution in [3.8, 4) is 5.75 Å². The molecule has 2 heterocycles. The number of likely N-dealkylation sites (tertiary alicyclic amines) is 1. The molecule has 2 aromatic carbocycles. The summed E-state index contributed by atoms with van der Waals surface area (Å²) in [6.07, 6.45) is 2.77. The summed E-state index contributed by atoms with van der Waals surface area (Å²) in [6.45, 7) is 4.03. The van der Waals surface area contributed by atoms with Crippen molar-refractivity contribution in [2.24, 2.45) is 0 Å². The number of aromatic nitrogens is 2. The van der Waals surface area contributed by atoms with Crippen molar-refractivity contribution in [3.05, 3.63) is 77.4 Å². The Labute approximate surface area is 170 Å². The molecule has 6 heteroatoms. The third kappa shape index (κ3) is 4.65. The van der Waals surface area contributed by atoms with E-state index in [2.05, 4.69) is 17.1 Å². The molecule has 1 aliphatic heterocycles. The maximum atomic E-state index is 12.6. The van der Waals surface area contributed by atoms with Crippen LogP contribution in [0.25, 0.3) is 0 Å². The fourth-order valence-electron chi connectivity index (χ4n) is 3.29. The third-order valence-electron chi connectivity index (χ3n) is 5.07. The molecule has 1 fully saturated rings. The van der Waals surface area contributed by atoms with Crippen LogP contribution in [0.2, 0.25) is 0 Å². The zero-order valence-corrected chi connectivity index (χ0v) is 16.6. The number of hydrogen-bond donors (Lipinski definition) is 0.